The number of carboxylic acids is 1. The minimum Gasteiger partial charge on any atom is -0.479 e. The first-order valence-electron chi connectivity index (χ1n) is 5.50. The Kier molecular flexibility index (Phi) is 3.61. The van der Waals surface area contributed by atoms with Gasteiger partial charge in [0.05, 0.1) is 18.7 Å². The van der Waals surface area contributed by atoms with E-state index in [0.717, 1.165) is 18.3 Å². The molecule has 5 nitrogen and oxygen atoms in total. The van der Waals surface area contributed by atoms with Crippen LogP contribution in [0.3, 0.4) is 0 Å². The fourth-order valence-electron chi connectivity index (χ4n) is 1.77. The number of carbonyl (C=O) groups is 1. The van der Waals surface area contributed by atoms with Crippen LogP contribution < -0.4 is 4.90 Å². The van der Waals surface area contributed by atoms with Crippen LogP contribution in [0.25, 0.3) is 0 Å². The molecule has 0 aromatic carbocycles. The number of anilines is 1. The van der Waals surface area contributed by atoms with Gasteiger partial charge in [-0.3, -0.25) is 0 Å². The fraction of sp³-hybridized carbons (Fsp3) is 0.455. The average molecular weight is 276 g/mol. The van der Waals surface area contributed by atoms with E-state index in [2.05, 4.69) is 4.98 Å². The predicted molar refractivity (Wildman–Crippen MR) is 58.8 cm³/mol. The highest BCUT2D eigenvalue weighted by Crippen LogP contribution is 2.31. The van der Waals surface area contributed by atoms with Gasteiger partial charge in [0.2, 0.25) is 0 Å². The normalized spacial score (nSPS) is 20.4. The van der Waals surface area contributed by atoms with Crippen LogP contribution in [0.5, 0.6) is 0 Å². The van der Waals surface area contributed by atoms with E-state index < -0.39 is 23.8 Å². The number of pyridine rings is 1. The number of halogens is 3. The lowest BCUT2D eigenvalue weighted by Crippen LogP contribution is -2.46. The molecule has 1 N–H and O–H groups in total. The van der Waals surface area contributed by atoms with Crippen LogP contribution in [-0.4, -0.2) is 41.9 Å². The summed E-state index contributed by atoms with van der Waals surface area (Å²) in [7, 11) is 0. The molecule has 0 bridgehead atoms. The molecule has 19 heavy (non-hydrogen) atoms. The molecule has 0 unspecified atom stereocenters. The van der Waals surface area contributed by atoms with E-state index in [-0.39, 0.29) is 19.0 Å². The van der Waals surface area contributed by atoms with Crippen molar-refractivity contribution < 1.29 is 27.8 Å². The Morgan fingerprint density at radius 1 is 1.53 bits per heavy atom. The van der Waals surface area contributed by atoms with Gasteiger partial charge in [-0.05, 0) is 12.1 Å². The Labute approximate surface area is 106 Å². The molecule has 2 rings (SSSR count). The van der Waals surface area contributed by atoms with Crippen molar-refractivity contribution in [3.05, 3.63) is 23.9 Å². The molecule has 1 aromatic rings. The van der Waals surface area contributed by atoms with Crippen LogP contribution in [0, 0.1) is 0 Å². The molecule has 1 aliphatic rings. The molecule has 0 saturated carbocycles. The van der Waals surface area contributed by atoms with Crippen molar-refractivity contribution in [2.24, 2.45) is 0 Å². The molecule has 1 atom stereocenters. The summed E-state index contributed by atoms with van der Waals surface area (Å²) in [6.45, 7) is 0.413. The number of carboxylic acid groups (broad SMARTS) is 1. The monoisotopic (exact) mass is 276 g/mol. The standard InChI is InChI=1S/C11H11F3N2O3/c12-11(13,14)7-1-2-15-9(5-7)16-3-4-19-8(6-16)10(17)18/h1-2,5,8H,3-4,6H2,(H,17,18)/t8-/m1/s1. The fourth-order valence-corrected chi connectivity index (χ4v) is 1.77. The number of alkyl halides is 3. The highest BCUT2D eigenvalue weighted by molar-refractivity contribution is 5.73. The number of rotatable bonds is 2. The molecule has 8 heteroatoms. The summed E-state index contributed by atoms with van der Waals surface area (Å²) in [6, 6.07) is 1.78. The quantitative estimate of drug-likeness (QED) is 0.884. The van der Waals surface area contributed by atoms with Crippen molar-refractivity contribution in [3.8, 4) is 0 Å². The molecule has 104 valence electrons. The van der Waals surface area contributed by atoms with Crippen molar-refractivity contribution in [1.29, 1.82) is 0 Å². The number of hydrogen-bond donors (Lipinski definition) is 1. The molecule has 1 aromatic heterocycles. The molecule has 1 fully saturated rings. The zero-order valence-corrected chi connectivity index (χ0v) is 9.72. The van der Waals surface area contributed by atoms with Gasteiger partial charge in [0, 0.05) is 12.7 Å². The van der Waals surface area contributed by atoms with Crippen molar-refractivity contribution in [1.82, 2.24) is 4.98 Å². The number of ether oxygens (including phenoxy) is 1. The molecule has 0 amide bonds. The molecule has 0 radical (unpaired) electrons. The second kappa shape index (κ2) is 5.04. The van der Waals surface area contributed by atoms with Gasteiger partial charge in [-0.1, -0.05) is 0 Å². The Morgan fingerprint density at radius 2 is 2.26 bits per heavy atom. The molecule has 0 aliphatic carbocycles. The largest absolute Gasteiger partial charge is 0.479 e. The van der Waals surface area contributed by atoms with Crippen LogP contribution in [0.4, 0.5) is 19.0 Å². The third kappa shape index (κ3) is 3.14. The maximum absolute atomic E-state index is 12.6. The number of morpholine rings is 1. The van der Waals surface area contributed by atoms with E-state index in [1.165, 1.54) is 4.90 Å². The number of aromatic nitrogens is 1. The molecule has 0 spiro atoms. The lowest BCUT2D eigenvalue weighted by molar-refractivity contribution is -0.151. The third-order valence-corrected chi connectivity index (χ3v) is 2.74. The van der Waals surface area contributed by atoms with Gasteiger partial charge in [0.15, 0.2) is 6.10 Å². The zero-order chi connectivity index (χ0) is 14.0. The summed E-state index contributed by atoms with van der Waals surface area (Å²) in [5, 5.41) is 8.83. The van der Waals surface area contributed by atoms with E-state index in [1.54, 1.807) is 0 Å². The third-order valence-electron chi connectivity index (χ3n) is 2.74. The number of aliphatic carboxylic acids is 1. The summed E-state index contributed by atoms with van der Waals surface area (Å²) in [5.41, 5.74) is -0.809. The van der Waals surface area contributed by atoms with Crippen molar-refractivity contribution in [2.75, 3.05) is 24.6 Å². The highest BCUT2D eigenvalue weighted by atomic mass is 19.4. The molecule has 2 heterocycles. The lowest BCUT2D eigenvalue weighted by Gasteiger charge is -2.31. The lowest BCUT2D eigenvalue weighted by atomic mass is 10.2. The highest BCUT2D eigenvalue weighted by Gasteiger charge is 2.32. The first-order chi connectivity index (χ1) is 8.88. The van der Waals surface area contributed by atoms with Gasteiger partial charge >= 0.3 is 12.1 Å². The maximum atomic E-state index is 12.6. The minimum atomic E-state index is -4.45. The molecular weight excluding hydrogens is 265 g/mol. The van der Waals surface area contributed by atoms with Gasteiger partial charge in [-0.25, -0.2) is 9.78 Å². The molecular formula is C11H11F3N2O3. The Balaban J connectivity index is 2.20. The van der Waals surface area contributed by atoms with Crippen molar-refractivity contribution in [3.63, 3.8) is 0 Å². The summed E-state index contributed by atoms with van der Waals surface area (Å²) in [5.74, 6) is -1.04. The van der Waals surface area contributed by atoms with E-state index >= 15 is 0 Å². The van der Waals surface area contributed by atoms with E-state index in [9.17, 15) is 18.0 Å². The van der Waals surface area contributed by atoms with Crippen molar-refractivity contribution >= 4 is 11.8 Å². The average Bonchev–Trinajstić information content (AvgIpc) is 2.38. The van der Waals surface area contributed by atoms with Gasteiger partial charge in [-0.15, -0.1) is 0 Å². The SMILES string of the molecule is O=C(O)[C@H]1CN(c2cc(C(F)(F)F)ccn2)CCO1. The zero-order valence-electron chi connectivity index (χ0n) is 9.72. The van der Waals surface area contributed by atoms with E-state index in [1.807, 2.05) is 0 Å². The van der Waals surface area contributed by atoms with Crippen molar-refractivity contribution in [2.45, 2.75) is 12.3 Å². The van der Waals surface area contributed by atoms with Crippen LogP contribution in [0.2, 0.25) is 0 Å². The van der Waals surface area contributed by atoms with E-state index in [0.29, 0.717) is 6.54 Å². The Bertz CT molecular complexity index is 478. The Hall–Kier alpha value is -1.83. The summed E-state index contributed by atoms with van der Waals surface area (Å²) in [6.07, 6.45) is -4.44. The maximum Gasteiger partial charge on any atom is 0.416 e. The topological polar surface area (TPSA) is 62.7 Å². The smallest absolute Gasteiger partial charge is 0.416 e. The first kappa shape index (κ1) is 13.6. The number of nitrogens with zero attached hydrogens (tertiary/aromatic N) is 2. The van der Waals surface area contributed by atoms with Crippen LogP contribution in [0.1, 0.15) is 5.56 Å². The van der Waals surface area contributed by atoms with Gasteiger partial charge in [0.25, 0.3) is 0 Å². The number of hydrogen-bond acceptors (Lipinski definition) is 4. The van der Waals surface area contributed by atoms with Crippen LogP contribution >= 0.6 is 0 Å². The second-order valence-corrected chi connectivity index (χ2v) is 4.04. The van der Waals surface area contributed by atoms with Gasteiger partial charge in [0.1, 0.15) is 5.82 Å². The van der Waals surface area contributed by atoms with Gasteiger partial charge < -0.3 is 14.7 Å². The van der Waals surface area contributed by atoms with Crippen LogP contribution in [0.15, 0.2) is 18.3 Å². The summed E-state index contributed by atoms with van der Waals surface area (Å²) in [4.78, 5) is 16.1. The first-order valence-corrected chi connectivity index (χ1v) is 5.50. The summed E-state index contributed by atoms with van der Waals surface area (Å²) < 4.78 is 42.7. The van der Waals surface area contributed by atoms with Gasteiger partial charge in [-0.2, -0.15) is 13.2 Å². The molecule has 1 aliphatic heterocycles. The predicted octanol–water partition coefficient (Wildman–Crippen LogP) is 1.39. The Morgan fingerprint density at radius 3 is 2.89 bits per heavy atom. The van der Waals surface area contributed by atoms with Crippen LogP contribution in [-0.2, 0) is 15.7 Å². The summed E-state index contributed by atoms with van der Waals surface area (Å²) >= 11 is 0. The second-order valence-electron chi connectivity index (χ2n) is 4.04. The van der Waals surface area contributed by atoms with E-state index in [4.69, 9.17) is 9.84 Å². The minimum absolute atomic E-state index is 0.0242. The molecule has 1 saturated heterocycles.